The zero-order valence-corrected chi connectivity index (χ0v) is 7.02. The molecule has 0 unspecified atom stereocenters. The summed E-state index contributed by atoms with van der Waals surface area (Å²) in [6.45, 7) is 0. The first-order valence-corrected chi connectivity index (χ1v) is 3.59. The van der Waals surface area contributed by atoms with E-state index in [0.717, 1.165) is 6.08 Å². The van der Waals surface area contributed by atoms with Crippen molar-refractivity contribution in [3.05, 3.63) is 29.2 Å². The first-order chi connectivity index (χ1) is 6.67. The Hall–Kier alpha value is -2.46. The zero-order valence-electron chi connectivity index (χ0n) is 7.02. The Kier molecular flexibility index (Phi) is 2.73. The molecule has 0 radical (unpaired) electrons. The molecule has 1 rings (SSSR count). The standard InChI is InChI=1S/C10H5NO3/c1-2-8-3-4-9(14-8)5-7(6-11)10(12)13/h1,3-5H,(H,12,13)/b7-5+. The van der Waals surface area contributed by atoms with E-state index in [1.807, 2.05) is 0 Å². The summed E-state index contributed by atoms with van der Waals surface area (Å²) in [6.07, 6.45) is 6.15. The molecule has 0 saturated heterocycles. The Morgan fingerprint density at radius 2 is 2.36 bits per heavy atom. The molecule has 0 aliphatic heterocycles. The highest BCUT2D eigenvalue weighted by atomic mass is 16.4. The van der Waals surface area contributed by atoms with Crippen LogP contribution in [0.3, 0.4) is 0 Å². The Bertz CT molecular complexity index is 468. The lowest BCUT2D eigenvalue weighted by Crippen LogP contribution is -1.96. The molecule has 0 aromatic carbocycles. The average molecular weight is 187 g/mol. The summed E-state index contributed by atoms with van der Waals surface area (Å²) in [6, 6.07) is 4.54. The van der Waals surface area contributed by atoms with Crippen molar-refractivity contribution in [1.29, 1.82) is 5.26 Å². The van der Waals surface area contributed by atoms with Gasteiger partial charge in [0.05, 0.1) is 0 Å². The van der Waals surface area contributed by atoms with Crippen molar-refractivity contribution in [2.24, 2.45) is 0 Å². The number of nitrogens with zero attached hydrogens (tertiary/aromatic N) is 1. The molecule has 0 atom stereocenters. The number of hydrogen-bond donors (Lipinski definition) is 1. The maximum Gasteiger partial charge on any atom is 0.346 e. The van der Waals surface area contributed by atoms with Gasteiger partial charge < -0.3 is 9.52 Å². The van der Waals surface area contributed by atoms with Gasteiger partial charge in [0.1, 0.15) is 17.4 Å². The highest BCUT2D eigenvalue weighted by Crippen LogP contribution is 2.10. The van der Waals surface area contributed by atoms with Crippen LogP contribution in [0.5, 0.6) is 0 Å². The number of rotatable bonds is 2. The third kappa shape index (κ3) is 2.02. The molecule has 68 valence electrons. The van der Waals surface area contributed by atoms with E-state index in [4.69, 9.17) is 21.2 Å². The highest BCUT2D eigenvalue weighted by molar-refractivity contribution is 5.96. The first-order valence-electron chi connectivity index (χ1n) is 3.59. The Morgan fingerprint density at radius 3 is 2.79 bits per heavy atom. The summed E-state index contributed by atoms with van der Waals surface area (Å²) in [5.41, 5.74) is -0.400. The van der Waals surface area contributed by atoms with Crippen molar-refractivity contribution in [3.8, 4) is 18.4 Å². The Labute approximate surface area is 80.1 Å². The molecular weight excluding hydrogens is 182 g/mol. The number of carboxylic acids is 1. The molecule has 0 aliphatic rings. The summed E-state index contributed by atoms with van der Waals surface area (Å²) in [5, 5.41) is 17.0. The monoisotopic (exact) mass is 187 g/mol. The van der Waals surface area contributed by atoms with E-state index in [-0.39, 0.29) is 5.76 Å². The third-order valence-electron chi connectivity index (χ3n) is 1.41. The minimum atomic E-state index is -1.30. The van der Waals surface area contributed by atoms with E-state index >= 15 is 0 Å². The van der Waals surface area contributed by atoms with E-state index in [1.54, 1.807) is 0 Å². The second kappa shape index (κ2) is 3.97. The molecule has 1 aromatic rings. The fourth-order valence-corrected chi connectivity index (χ4v) is 0.792. The predicted molar refractivity (Wildman–Crippen MR) is 47.9 cm³/mol. The van der Waals surface area contributed by atoms with Crippen molar-refractivity contribution < 1.29 is 14.3 Å². The predicted octanol–water partition coefficient (Wildman–Crippen LogP) is 1.25. The maximum absolute atomic E-state index is 10.4. The highest BCUT2D eigenvalue weighted by Gasteiger charge is 2.07. The smallest absolute Gasteiger partial charge is 0.346 e. The van der Waals surface area contributed by atoms with E-state index in [0.29, 0.717) is 5.76 Å². The fourth-order valence-electron chi connectivity index (χ4n) is 0.792. The van der Waals surface area contributed by atoms with Crippen LogP contribution in [0.2, 0.25) is 0 Å². The van der Waals surface area contributed by atoms with Crippen LogP contribution in [0.25, 0.3) is 6.08 Å². The van der Waals surface area contributed by atoms with Crippen molar-refractivity contribution in [1.82, 2.24) is 0 Å². The molecule has 0 saturated carbocycles. The van der Waals surface area contributed by atoms with Crippen molar-refractivity contribution in [2.45, 2.75) is 0 Å². The molecule has 14 heavy (non-hydrogen) atoms. The van der Waals surface area contributed by atoms with Gasteiger partial charge in [-0.3, -0.25) is 0 Å². The number of carbonyl (C=O) groups is 1. The quantitative estimate of drug-likeness (QED) is 0.429. The number of aliphatic carboxylic acids is 1. The van der Waals surface area contributed by atoms with E-state index < -0.39 is 11.5 Å². The van der Waals surface area contributed by atoms with Gasteiger partial charge in [-0.25, -0.2) is 4.79 Å². The van der Waals surface area contributed by atoms with Crippen LogP contribution in [0.15, 0.2) is 22.1 Å². The molecule has 0 amide bonds. The van der Waals surface area contributed by atoms with Gasteiger partial charge in [0.25, 0.3) is 0 Å². The van der Waals surface area contributed by atoms with Crippen molar-refractivity contribution >= 4 is 12.0 Å². The molecule has 1 aromatic heterocycles. The molecule has 0 bridgehead atoms. The molecule has 0 aliphatic carbocycles. The van der Waals surface area contributed by atoms with Crippen LogP contribution in [0.1, 0.15) is 11.5 Å². The Balaban J connectivity index is 3.03. The normalized spacial score (nSPS) is 10.3. The van der Waals surface area contributed by atoms with Gasteiger partial charge >= 0.3 is 5.97 Å². The molecule has 0 fully saturated rings. The SMILES string of the molecule is C#Cc1ccc(/C=C(\C#N)C(=O)O)o1. The van der Waals surface area contributed by atoms with E-state index in [2.05, 4.69) is 5.92 Å². The van der Waals surface area contributed by atoms with Gasteiger partial charge in [-0.15, -0.1) is 6.42 Å². The second-order valence-electron chi connectivity index (χ2n) is 2.32. The molecule has 1 heterocycles. The van der Waals surface area contributed by atoms with E-state index in [1.165, 1.54) is 18.2 Å². The molecule has 0 spiro atoms. The summed E-state index contributed by atoms with van der Waals surface area (Å²) in [4.78, 5) is 10.4. The number of hydrogen-bond acceptors (Lipinski definition) is 3. The Morgan fingerprint density at radius 1 is 1.64 bits per heavy atom. The number of nitriles is 1. The van der Waals surface area contributed by atoms with Gasteiger partial charge in [-0.1, -0.05) is 0 Å². The van der Waals surface area contributed by atoms with Crippen LogP contribution in [-0.2, 0) is 4.79 Å². The zero-order chi connectivity index (χ0) is 10.6. The van der Waals surface area contributed by atoms with Gasteiger partial charge in [0.15, 0.2) is 5.76 Å². The minimum absolute atomic E-state index is 0.247. The van der Waals surface area contributed by atoms with Gasteiger partial charge in [-0.05, 0) is 18.1 Å². The van der Waals surface area contributed by atoms with Crippen LogP contribution < -0.4 is 0 Å². The van der Waals surface area contributed by atoms with Crippen molar-refractivity contribution in [2.75, 3.05) is 0 Å². The van der Waals surface area contributed by atoms with Gasteiger partial charge in [0.2, 0.25) is 0 Å². The number of furan rings is 1. The first kappa shape index (κ1) is 9.63. The largest absolute Gasteiger partial charge is 0.477 e. The van der Waals surface area contributed by atoms with E-state index in [9.17, 15) is 4.79 Å². The summed E-state index contributed by atoms with van der Waals surface area (Å²) in [5.74, 6) is 1.48. The topological polar surface area (TPSA) is 74.2 Å². The molecule has 1 N–H and O–H groups in total. The molecule has 4 heteroatoms. The maximum atomic E-state index is 10.4. The number of terminal acetylenes is 1. The van der Waals surface area contributed by atoms with Crippen molar-refractivity contribution in [3.63, 3.8) is 0 Å². The average Bonchev–Trinajstić information content (AvgIpc) is 2.61. The number of carboxylic acid groups (broad SMARTS) is 1. The fraction of sp³-hybridized carbons (Fsp3) is 0. The summed E-state index contributed by atoms with van der Waals surface area (Å²) in [7, 11) is 0. The van der Waals surface area contributed by atoms with Crippen LogP contribution in [0, 0.1) is 23.7 Å². The molecular formula is C10H5NO3. The van der Waals surface area contributed by atoms with Gasteiger partial charge in [0, 0.05) is 6.08 Å². The lowest BCUT2D eigenvalue weighted by atomic mass is 10.2. The van der Waals surface area contributed by atoms with Gasteiger partial charge in [-0.2, -0.15) is 5.26 Å². The summed E-state index contributed by atoms with van der Waals surface area (Å²) >= 11 is 0. The van der Waals surface area contributed by atoms with Crippen LogP contribution in [-0.4, -0.2) is 11.1 Å². The second-order valence-corrected chi connectivity index (χ2v) is 2.32. The third-order valence-corrected chi connectivity index (χ3v) is 1.41. The minimum Gasteiger partial charge on any atom is -0.477 e. The van der Waals surface area contributed by atoms with Crippen LogP contribution in [0.4, 0.5) is 0 Å². The van der Waals surface area contributed by atoms with Crippen LogP contribution >= 0.6 is 0 Å². The lowest BCUT2D eigenvalue weighted by molar-refractivity contribution is -0.132. The summed E-state index contributed by atoms with van der Waals surface area (Å²) < 4.78 is 4.99. The molecule has 4 nitrogen and oxygen atoms in total. The lowest BCUT2D eigenvalue weighted by Gasteiger charge is -1.87.